The van der Waals surface area contributed by atoms with Gasteiger partial charge in [0.25, 0.3) is 0 Å². The van der Waals surface area contributed by atoms with Crippen LogP contribution in [0, 0.1) is 12.7 Å². The second-order valence-corrected chi connectivity index (χ2v) is 4.53. The maximum Gasteiger partial charge on any atom is 0.137 e. The molecule has 1 aromatic heterocycles. The maximum atomic E-state index is 13.1. The minimum Gasteiger partial charge on any atom is -0.488 e. The molecule has 0 unspecified atom stereocenters. The van der Waals surface area contributed by atoms with Gasteiger partial charge in [0.1, 0.15) is 28.5 Å². The van der Waals surface area contributed by atoms with Crippen molar-refractivity contribution in [2.75, 3.05) is 0 Å². The molecular formula is C13H10Cl2FNO. The van der Waals surface area contributed by atoms with Gasteiger partial charge in [-0.25, -0.2) is 9.37 Å². The molecule has 1 heterocycles. The van der Waals surface area contributed by atoms with Crippen LogP contribution in [0.4, 0.5) is 4.39 Å². The van der Waals surface area contributed by atoms with E-state index in [0.717, 1.165) is 5.56 Å². The molecule has 0 N–H and O–H groups in total. The summed E-state index contributed by atoms with van der Waals surface area (Å²) in [5, 5.41) is 0.613. The van der Waals surface area contributed by atoms with Crippen LogP contribution in [-0.4, -0.2) is 4.98 Å². The van der Waals surface area contributed by atoms with Crippen LogP contribution in [-0.2, 0) is 6.61 Å². The van der Waals surface area contributed by atoms with Crippen molar-refractivity contribution in [3.05, 3.63) is 57.6 Å². The summed E-state index contributed by atoms with van der Waals surface area (Å²) >= 11 is 11.6. The molecule has 0 saturated heterocycles. The summed E-state index contributed by atoms with van der Waals surface area (Å²) in [6, 6.07) is 7.74. The van der Waals surface area contributed by atoms with Gasteiger partial charge in [-0.3, -0.25) is 0 Å². The number of benzene rings is 1. The minimum absolute atomic E-state index is 0.216. The number of ether oxygens (including phenoxy) is 1. The van der Waals surface area contributed by atoms with Gasteiger partial charge in [-0.1, -0.05) is 29.3 Å². The first kappa shape index (κ1) is 13.1. The van der Waals surface area contributed by atoms with Gasteiger partial charge in [0.2, 0.25) is 0 Å². The van der Waals surface area contributed by atoms with E-state index in [4.69, 9.17) is 27.9 Å². The molecule has 0 aliphatic carbocycles. The van der Waals surface area contributed by atoms with E-state index >= 15 is 0 Å². The largest absolute Gasteiger partial charge is 0.488 e. The second kappa shape index (κ2) is 5.55. The van der Waals surface area contributed by atoms with E-state index in [1.807, 2.05) is 6.92 Å². The highest BCUT2D eigenvalue weighted by Gasteiger charge is 2.06. The maximum absolute atomic E-state index is 13.1. The van der Waals surface area contributed by atoms with E-state index in [2.05, 4.69) is 4.98 Å². The summed E-state index contributed by atoms with van der Waals surface area (Å²) in [5.41, 5.74) is 1.55. The Morgan fingerprint density at radius 3 is 2.72 bits per heavy atom. The Morgan fingerprint density at radius 2 is 2.00 bits per heavy atom. The van der Waals surface area contributed by atoms with Gasteiger partial charge in [0, 0.05) is 11.6 Å². The molecule has 0 aliphatic rings. The van der Waals surface area contributed by atoms with Crippen LogP contribution in [0.15, 0.2) is 30.3 Å². The van der Waals surface area contributed by atoms with Crippen molar-refractivity contribution in [2.24, 2.45) is 0 Å². The smallest absolute Gasteiger partial charge is 0.137 e. The fourth-order valence-electron chi connectivity index (χ4n) is 1.43. The molecule has 0 atom stereocenters. The highest BCUT2D eigenvalue weighted by molar-refractivity contribution is 6.32. The number of hydrogen-bond donors (Lipinski definition) is 0. The fourth-order valence-corrected chi connectivity index (χ4v) is 1.83. The van der Waals surface area contributed by atoms with Crippen LogP contribution < -0.4 is 4.74 Å². The SMILES string of the molecule is Cc1ccc(F)cc1OCc1ccc(Cl)nc1Cl. The summed E-state index contributed by atoms with van der Waals surface area (Å²) in [6.45, 7) is 2.06. The van der Waals surface area contributed by atoms with Crippen LogP contribution in [0.2, 0.25) is 10.3 Å². The Balaban J connectivity index is 2.13. The van der Waals surface area contributed by atoms with Gasteiger partial charge in [0.15, 0.2) is 0 Å². The molecule has 0 radical (unpaired) electrons. The Labute approximate surface area is 114 Å². The zero-order valence-corrected chi connectivity index (χ0v) is 11.1. The lowest BCUT2D eigenvalue weighted by Crippen LogP contribution is -1.99. The molecular weight excluding hydrogens is 276 g/mol. The van der Waals surface area contributed by atoms with E-state index < -0.39 is 0 Å². The Bertz CT molecular complexity index is 575. The van der Waals surface area contributed by atoms with E-state index in [0.29, 0.717) is 16.5 Å². The van der Waals surface area contributed by atoms with Gasteiger partial charge < -0.3 is 4.74 Å². The van der Waals surface area contributed by atoms with E-state index in [-0.39, 0.29) is 17.6 Å². The number of rotatable bonds is 3. The lowest BCUT2D eigenvalue weighted by molar-refractivity contribution is 0.302. The second-order valence-electron chi connectivity index (χ2n) is 3.78. The molecule has 94 valence electrons. The Hall–Kier alpha value is -1.32. The quantitative estimate of drug-likeness (QED) is 0.779. The first-order valence-electron chi connectivity index (χ1n) is 5.26. The van der Waals surface area contributed by atoms with E-state index in [1.54, 1.807) is 18.2 Å². The average Bonchev–Trinajstić information content (AvgIpc) is 2.32. The van der Waals surface area contributed by atoms with Gasteiger partial charge in [-0.2, -0.15) is 0 Å². The number of halogens is 3. The first-order valence-corrected chi connectivity index (χ1v) is 6.02. The third kappa shape index (κ3) is 3.12. The van der Waals surface area contributed by atoms with Crippen LogP contribution in [0.3, 0.4) is 0 Å². The van der Waals surface area contributed by atoms with Crippen molar-refractivity contribution >= 4 is 23.2 Å². The van der Waals surface area contributed by atoms with Crippen molar-refractivity contribution in [2.45, 2.75) is 13.5 Å². The van der Waals surface area contributed by atoms with E-state index in [1.165, 1.54) is 12.1 Å². The van der Waals surface area contributed by atoms with Crippen molar-refractivity contribution in [1.82, 2.24) is 4.98 Å². The zero-order chi connectivity index (χ0) is 13.1. The normalized spacial score (nSPS) is 10.4. The standard InChI is InChI=1S/C13H10Cl2FNO/c1-8-2-4-10(16)6-11(8)18-7-9-3-5-12(14)17-13(9)15/h2-6H,7H2,1H3. The molecule has 2 rings (SSSR count). The monoisotopic (exact) mass is 285 g/mol. The predicted octanol–water partition coefficient (Wildman–Crippen LogP) is 4.41. The van der Waals surface area contributed by atoms with Crippen molar-refractivity contribution in [3.8, 4) is 5.75 Å². The molecule has 5 heteroatoms. The van der Waals surface area contributed by atoms with Crippen LogP contribution in [0.5, 0.6) is 5.75 Å². The van der Waals surface area contributed by atoms with Crippen molar-refractivity contribution in [1.29, 1.82) is 0 Å². The van der Waals surface area contributed by atoms with E-state index in [9.17, 15) is 4.39 Å². The Kier molecular flexibility index (Phi) is 4.04. The lowest BCUT2D eigenvalue weighted by atomic mass is 10.2. The molecule has 0 fully saturated rings. The number of aryl methyl sites for hydroxylation is 1. The minimum atomic E-state index is -0.337. The zero-order valence-electron chi connectivity index (χ0n) is 9.58. The molecule has 0 spiro atoms. The summed E-state index contributed by atoms with van der Waals surface area (Å²) in [5.74, 6) is 0.150. The highest BCUT2D eigenvalue weighted by atomic mass is 35.5. The molecule has 18 heavy (non-hydrogen) atoms. The molecule has 0 saturated carbocycles. The van der Waals surface area contributed by atoms with Crippen molar-refractivity contribution < 1.29 is 9.13 Å². The lowest BCUT2D eigenvalue weighted by Gasteiger charge is -2.10. The average molecular weight is 286 g/mol. The number of pyridine rings is 1. The molecule has 0 amide bonds. The van der Waals surface area contributed by atoms with Gasteiger partial charge >= 0.3 is 0 Å². The molecule has 0 bridgehead atoms. The predicted molar refractivity (Wildman–Crippen MR) is 69.7 cm³/mol. The number of aromatic nitrogens is 1. The molecule has 2 nitrogen and oxygen atoms in total. The summed E-state index contributed by atoms with van der Waals surface area (Å²) in [7, 11) is 0. The number of nitrogens with zero attached hydrogens (tertiary/aromatic N) is 1. The molecule has 2 aromatic rings. The molecule has 1 aromatic carbocycles. The van der Waals surface area contributed by atoms with Gasteiger partial charge in [-0.15, -0.1) is 0 Å². The fraction of sp³-hybridized carbons (Fsp3) is 0.154. The first-order chi connectivity index (χ1) is 8.56. The molecule has 0 aliphatic heterocycles. The number of hydrogen-bond acceptors (Lipinski definition) is 2. The van der Waals surface area contributed by atoms with Crippen LogP contribution in [0.25, 0.3) is 0 Å². The van der Waals surface area contributed by atoms with Gasteiger partial charge in [0.05, 0.1) is 0 Å². The van der Waals surface area contributed by atoms with Crippen LogP contribution >= 0.6 is 23.2 Å². The summed E-state index contributed by atoms with van der Waals surface area (Å²) < 4.78 is 18.6. The van der Waals surface area contributed by atoms with Crippen molar-refractivity contribution in [3.63, 3.8) is 0 Å². The third-order valence-corrected chi connectivity index (χ3v) is 2.96. The summed E-state index contributed by atoms with van der Waals surface area (Å²) in [6.07, 6.45) is 0. The third-order valence-electron chi connectivity index (χ3n) is 2.43. The van der Waals surface area contributed by atoms with Gasteiger partial charge in [-0.05, 0) is 30.7 Å². The highest BCUT2D eigenvalue weighted by Crippen LogP contribution is 2.22. The Morgan fingerprint density at radius 1 is 1.22 bits per heavy atom. The van der Waals surface area contributed by atoms with Crippen LogP contribution in [0.1, 0.15) is 11.1 Å². The topological polar surface area (TPSA) is 22.1 Å². The summed E-state index contributed by atoms with van der Waals surface area (Å²) in [4.78, 5) is 3.90.